The zero-order valence-corrected chi connectivity index (χ0v) is 12.3. The highest BCUT2D eigenvalue weighted by Gasteiger charge is 2.29. The molecule has 0 aliphatic carbocycles. The minimum Gasteiger partial charge on any atom is -0.328 e. The van der Waals surface area contributed by atoms with E-state index in [-0.39, 0.29) is 34.1 Å². The second-order valence-electron chi connectivity index (χ2n) is 4.18. The molecule has 1 unspecified atom stereocenters. The van der Waals surface area contributed by atoms with Gasteiger partial charge in [0, 0.05) is 17.5 Å². The van der Waals surface area contributed by atoms with Crippen LogP contribution in [-0.2, 0) is 10.0 Å². The summed E-state index contributed by atoms with van der Waals surface area (Å²) in [6.45, 7) is 1.93. The third kappa shape index (κ3) is 6.12. The molecule has 0 bridgehead atoms. The molecule has 0 radical (unpaired) electrons. The van der Waals surface area contributed by atoms with Crippen molar-refractivity contribution in [1.29, 1.82) is 0 Å². The molecular weight excluding hydrogens is 313 g/mol. The van der Waals surface area contributed by atoms with Gasteiger partial charge in [-0.1, -0.05) is 0 Å². The largest absolute Gasteiger partial charge is 0.446 e. The number of nitrogens with two attached hydrogens (primary N) is 1. The van der Waals surface area contributed by atoms with Crippen molar-refractivity contribution in [2.75, 3.05) is 6.54 Å². The molecule has 4 nitrogen and oxygen atoms in total. The number of thioether (sulfide) groups is 1. The lowest BCUT2D eigenvalue weighted by molar-refractivity contribution is -0.0328. The SMILES string of the molecule is CC(N)CCNS(=O)(=O)c1ccc(SC(F)(F)F)cc1. The van der Waals surface area contributed by atoms with Crippen molar-refractivity contribution in [2.45, 2.75) is 34.7 Å². The van der Waals surface area contributed by atoms with Gasteiger partial charge in [0.2, 0.25) is 10.0 Å². The first-order valence-corrected chi connectivity index (χ1v) is 8.01. The van der Waals surface area contributed by atoms with Gasteiger partial charge in [0.15, 0.2) is 0 Å². The van der Waals surface area contributed by atoms with Crippen LogP contribution in [0.4, 0.5) is 13.2 Å². The highest BCUT2D eigenvalue weighted by atomic mass is 32.2. The molecule has 114 valence electrons. The zero-order valence-electron chi connectivity index (χ0n) is 10.6. The minimum absolute atomic E-state index is 0.0629. The van der Waals surface area contributed by atoms with E-state index in [0.29, 0.717) is 6.42 Å². The first-order valence-electron chi connectivity index (χ1n) is 5.71. The van der Waals surface area contributed by atoms with Crippen molar-refractivity contribution >= 4 is 21.8 Å². The first-order chi connectivity index (χ1) is 9.10. The Labute approximate surface area is 120 Å². The van der Waals surface area contributed by atoms with Crippen LogP contribution in [-0.4, -0.2) is 26.5 Å². The van der Waals surface area contributed by atoms with E-state index in [0.717, 1.165) is 24.3 Å². The van der Waals surface area contributed by atoms with Gasteiger partial charge >= 0.3 is 5.51 Å². The lowest BCUT2D eigenvalue weighted by atomic mass is 10.3. The van der Waals surface area contributed by atoms with Crippen LogP contribution in [0.5, 0.6) is 0 Å². The Morgan fingerprint density at radius 2 is 1.85 bits per heavy atom. The Morgan fingerprint density at radius 1 is 1.30 bits per heavy atom. The maximum absolute atomic E-state index is 12.1. The second kappa shape index (κ2) is 6.79. The minimum atomic E-state index is -4.39. The van der Waals surface area contributed by atoms with E-state index in [1.165, 1.54) is 0 Å². The summed E-state index contributed by atoms with van der Waals surface area (Å²) in [6, 6.07) is 4.39. The summed E-state index contributed by atoms with van der Waals surface area (Å²) in [5.74, 6) is 0. The molecule has 1 rings (SSSR count). The Balaban J connectivity index is 2.72. The second-order valence-corrected chi connectivity index (χ2v) is 7.09. The molecule has 1 aromatic carbocycles. The third-order valence-electron chi connectivity index (χ3n) is 2.26. The molecule has 0 heterocycles. The van der Waals surface area contributed by atoms with Gasteiger partial charge in [0.05, 0.1) is 4.90 Å². The van der Waals surface area contributed by atoms with Crippen LogP contribution >= 0.6 is 11.8 Å². The van der Waals surface area contributed by atoms with Crippen LogP contribution in [0.2, 0.25) is 0 Å². The molecular formula is C11H15F3N2O2S2. The summed E-state index contributed by atoms with van der Waals surface area (Å²) in [6.07, 6.45) is 0.473. The number of nitrogens with one attached hydrogen (secondary N) is 1. The highest BCUT2D eigenvalue weighted by molar-refractivity contribution is 8.00. The molecule has 9 heteroatoms. The third-order valence-corrected chi connectivity index (χ3v) is 4.48. The number of rotatable bonds is 6. The van der Waals surface area contributed by atoms with Gasteiger partial charge in [0.25, 0.3) is 0 Å². The smallest absolute Gasteiger partial charge is 0.328 e. The van der Waals surface area contributed by atoms with Crippen molar-refractivity contribution < 1.29 is 21.6 Å². The molecule has 0 amide bonds. The van der Waals surface area contributed by atoms with E-state index >= 15 is 0 Å². The quantitative estimate of drug-likeness (QED) is 0.786. The number of halogens is 3. The van der Waals surface area contributed by atoms with Crippen LogP contribution in [0.1, 0.15) is 13.3 Å². The standard InChI is InChI=1S/C11H15F3N2O2S2/c1-8(15)6-7-16-20(17,18)10-4-2-9(3-5-10)19-11(12,13)14/h2-5,8,16H,6-7,15H2,1H3. The molecule has 1 atom stereocenters. The van der Waals surface area contributed by atoms with Crippen molar-refractivity contribution in [3.8, 4) is 0 Å². The Morgan fingerprint density at radius 3 is 2.30 bits per heavy atom. The monoisotopic (exact) mass is 328 g/mol. The number of hydrogen-bond donors (Lipinski definition) is 2. The van der Waals surface area contributed by atoms with E-state index in [1.54, 1.807) is 6.92 Å². The summed E-state index contributed by atoms with van der Waals surface area (Å²) in [4.78, 5) is -0.138. The number of alkyl halides is 3. The van der Waals surface area contributed by atoms with Gasteiger partial charge in [-0.2, -0.15) is 13.2 Å². The topological polar surface area (TPSA) is 72.2 Å². The van der Waals surface area contributed by atoms with E-state index in [9.17, 15) is 21.6 Å². The van der Waals surface area contributed by atoms with Crippen molar-refractivity contribution in [2.24, 2.45) is 5.73 Å². The molecule has 0 aliphatic rings. The number of hydrogen-bond acceptors (Lipinski definition) is 4. The van der Waals surface area contributed by atoms with Gasteiger partial charge in [0.1, 0.15) is 0 Å². The molecule has 3 N–H and O–H groups in total. The van der Waals surface area contributed by atoms with Gasteiger partial charge in [-0.05, 0) is 49.4 Å². The molecule has 20 heavy (non-hydrogen) atoms. The Bertz CT molecular complexity index is 528. The highest BCUT2D eigenvalue weighted by Crippen LogP contribution is 2.36. The fourth-order valence-corrected chi connectivity index (χ4v) is 2.91. The van der Waals surface area contributed by atoms with Crippen LogP contribution in [0.3, 0.4) is 0 Å². The molecule has 0 aromatic heterocycles. The van der Waals surface area contributed by atoms with Crippen molar-refractivity contribution in [1.82, 2.24) is 4.72 Å². The van der Waals surface area contributed by atoms with E-state index in [4.69, 9.17) is 5.73 Å². The molecule has 0 fully saturated rings. The molecule has 0 saturated heterocycles. The average Bonchev–Trinajstić information content (AvgIpc) is 2.26. The first kappa shape index (κ1) is 17.3. The fourth-order valence-electron chi connectivity index (χ4n) is 1.32. The molecule has 0 aliphatic heterocycles. The van der Waals surface area contributed by atoms with Gasteiger partial charge in [-0.25, -0.2) is 13.1 Å². The van der Waals surface area contributed by atoms with E-state index in [1.807, 2.05) is 0 Å². The fraction of sp³-hybridized carbons (Fsp3) is 0.455. The normalized spacial score (nSPS) is 14.2. The van der Waals surface area contributed by atoms with Crippen LogP contribution in [0.15, 0.2) is 34.1 Å². The maximum atomic E-state index is 12.1. The number of benzene rings is 1. The maximum Gasteiger partial charge on any atom is 0.446 e. The Kier molecular flexibility index (Phi) is 5.87. The summed E-state index contributed by atoms with van der Waals surface area (Å²) in [5, 5.41) is 0. The van der Waals surface area contributed by atoms with Crippen LogP contribution in [0.25, 0.3) is 0 Å². The number of sulfonamides is 1. The summed E-state index contributed by atoms with van der Waals surface area (Å²) in [7, 11) is -3.71. The van der Waals surface area contributed by atoms with Gasteiger partial charge in [-0.15, -0.1) is 0 Å². The predicted molar refractivity (Wildman–Crippen MR) is 71.8 cm³/mol. The summed E-state index contributed by atoms with van der Waals surface area (Å²) < 4.78 is 62.4. The Hall–Kier alpha value is -0.770. The van der Waals surface area contributed by atoms with Crippen molar-refractivity contribution in [3.63, 3.8) is 0 Å². The lowest BCUT2D eigenvalue weighted by Crippen LogP contribution is -2.29. The average molecular weight is 328 g/mol. The van der Waals surface area contributed by atoms with E-state index < -0.39 is 15.5 Å². The van der Waals surface area contributed by atoms with E-state index in [2.05, 4.69) is 4.72 Å². The zero-order chi connectivity index (χ0) is 15.4. The summed E-state index contributed by atoms with van der Waals surface area (Å²) in [5.41, 5.74) is 1.10. The van der Waals surface area contributed by atoms with Gasteiger partial charge < -0.3 is 5.73 Å². The lowest BCUT2D eigenvalue weighted by Gasteiger charge is -2.09. The van der Waals surface area contributed by atoms with Gasteiger partial charge in [-0.3, -0.25) is 0 Å². The van der Waals surface area contributed by atoms with Crippen molar-refractivity contribution in [3.05, 3.63) is 24.3 Å². The van der Waals surface area contributed by atoms with Crippen LogP contribution in [0, 0.1) is 0 Å². The summed E-state index contributed by atoms with van der Waals surface area (Å²) >= 11 is -0.290. The molecule has 0 saturated carbocycles. The molecule has 1 aromatic rings. The molecule has 0 spiro atoms. The predicted octanol–water partition coefficient (Wildman–Crippen LogP) is 2.31. The van der Waals surface area contributed by atoms with Crippen LogP contribution < -0.4 is 10.5 Å².